The van der Waals surface area contributed by atoms with Crippen LogP contribution in [0.25, 0.3) is 0 Å². The normalized spacial score (nSPS) is 12.4. The fraction of sp³-hybridized carbons (Fsp3) is 0.892. The summed E-state index contributed by atoms with van der Waals surface area (Å²) in [6, 6.07) is -1.38. The van der Waals surface area contributed by atoms with Gasteiger partial charge in [0.25, 0.3) is 0 Å². The molecule has 0 bridgehead atoms. The highest BCUT2D eigenvalue weighted by atomic mass is 16.5. The van der Waals surface area contributed by atoms with Crippen molar-refractivity contribution in [2.24, 2.45) is 0 Å². The quantitative estimate of drug-likeness (QED) is 0.0405. The Morgan fingerprint density at radius 2 is 0.978 bits per heavy atom. The number of amides is 2. The molecule has 2 amide bonds. The number of unbranched alkanes of at least 4 members (excludes halogenated alkanes) is 20. The number of esters is 1. The molecule has 9 heteroatoms. The third-order valence-electron chi connectivity index (χ3n) is 8.60. The number of hydrogen-bond acceptors (Lipinski definition) is 6. The standard InChI is InChI=1S/C37H70N2O7/c1-3-5-7-9-11-12-13-14-16-21-25-29-36(43)46-32(26-22-18-15-10-8-6-4-2)27-23-19-17-20-24-28-34(41)38-30-35(42)39-33(31-40)37(44)45/h32-33,40H,3-31H2,1-2H3,(H,38,41)(H,39,42)(H,44,45). The van der Waals surface area contributed by atoms with E-state index in [-0.39, 0.29) is 24.5 Å². The van der Waals surface area contributed by atoms with Crippen LogP contribution in [0, 0.1) is 0 Å². The Bertz CT molecular complexity index is 762. The van der Waals surface area contributed by atoms with Crippen LogP contribution in [0.5, 0.6) is 0 Å². The van der Waals surface area contributed by atoms with Crippen LogP contribution in [-0.2, 0) is 23.9 Å². The van der Waals surface area contributed by atoms with Crippen molar-refractivity contribution >= 4 is 23.8 Å². The topological polar surface area (TPSA) is 142 Å². The molecule has 0 spiro atoms. The summed E-state index contributed by atoms with van der Waals surface area (Å²) in [5, 5.41) is 22.5. The van der Waals surface area contributed by atoms with E-state index in [9.17, 15) is 19.2 Å². The number of carboxylic acids is 1. The molecule has 9 nitrogen and oxygen atoms in total. The molecule has 0 rings (SSSR count). The van der Waals surface area contributed by atoms with Gasteiger partial charge in [-0.05, 0) is 38.5 Å². The fourth-order valence-corrected chi connectivity index (χ4v) is 5.66. The molecular formula is C37H70N2O7. The number of nitrogens with one attached hydrogen (secondary N) is 2. The lowest BCUT2D eigenvalue weighted by Gasteiger charge is -2.18. The van der Waals surface area contributed by atoms with Crippen LogP contribution < -0.4 is 10.6 Å². The van der Waals surface area contributed by atoms with Crippen molar-refractivity contribution in [3.63, 3.8) is 0 Å². The second kappa shape index (κ2) is 32.8. The Balaban J connectivity index is 4.18. The van der Waals surface area contributed by atoms with Crippen molar-refractivity contribution in [3.05, 3.63) is 0 Å². The molecule has 270 valence electrons. The summed E-state index contributed by atoms with van der Waals surface area (Å²) in [6.45, 7) is 3.46. The maximum Gasteiger partial charge on any atom is 0.328 e. The lowest BCUT2D eigenvalue weighted by atomic mass is 10.0. The molecule has 0 saturated carbocycles. The van der Waals surface area contributed by atoms with E-state index in [0.29, 0.717) is 19.3 Å². The first-order valence-electron chi connectivity index (χ1n) is 18.9. The predicted octanol–water partition coefficient (Wildman–Crippen LogP) is 8.15. The summed E-state index contributed by atoms with van der Waals surface area (Å²) in [5.41, 5.74) is 0. The zero-order valence-corrected chi connectivity index (χ0v) is 29.6. The molecule has 0 heterocycles. The van der Waals surface area contributed by atoms with Crippen LogP contribution in [0.2, 0.25) is 0 Å². The van der Waals surface area contributed by atoms with E-state index in [0.717, 1.165) is 57.8 Å². The number of carbonyl (C=O) groups is 4. The Morgan fingerprint density at radius 3 is 1.41 bits per heavy atom. The molecule has 2 unspecified atom stereocenters. The van der Waals surface area contributed by atoms with Crippen LogP contribution in [0.4, 0.5) is 0 Å². The van der Waals surface area contributed by atoms with Gasteiger partial charge in [-0.3, -0.25) is 14.4 Å². The lowest BCUT2D eigenvalue weighted by Crippen LogP contribution is -2.47. The van der Waals surface area contributed by atoms with Gasteiger partial charge < -0.3 is 25.6 Å². The maximum atomic E-state index is 12.6. The van der Waals surface area contributed by atoms with Gasteiger partial charge in [-0.15, -0.1) is 0 Å². The zero-order valence-electron chi connectivity index (χ0n) is 29.6. The third kappa shape index (κ3) is 29.3. The molecule has 4 N–H and O–H groups in total. The minimum absolute atomic E-state index is 0.000618. The van der Waals surface area contributed by atoms with Gasteiger partial charge in [-0.1, -0.05) is 136 Å². The Labute approximate surface area is 280 Å². The van der Waals surface area contributed by atoms with Gasteiger partial charge in [0.15, 0.2) is 0 Å². The monoisotopic (exact) mass is 655 g/mol. The summed E-state index contributed by atoms with van der Waals surface area (Å²) < 4.78 is 5.97. The van der Waals surface area contributed by atoms with Gasteiger partial charge in [-0.25, -0.2) is 4.79 Å². The lowest BCUT2D eigenvalue weighted by molar-refractivity contribution is -0.150. The number of rotatable bonds is 34. The second-order valence-corrected chi connectivity index (χ2v) is 13.0. The van der Waals surface area contributed by atoms with E-state index in [2.05, 4.69) is 24.5 Å². The van der Waals surface area contributed by atoms with Gasteiger partial charge >= 0.3 is 11.9 Å². The maximum absolute atomic E-state index is 12.6. The van der Waals surface area contributed by atoms with Crippen molar-refractivity contribution < 1.29 is 34.1 Å². The molecular weight excluding hydrogens is 584 g/mol. The summed E-state index contributed by atoms with van der Waals surface area (Å²) in [6.07, 6.45) is 29.9. The molecule has 0 aliphatic heterocycles. The number of aliphatic carboxylic acids is 1. The van der Waals surface area contributed by atoms with Crippen LogP contribution in [0.3, 0.4) is 0 Å². The molecule has 0 aromatic heterocycles. The van der Waals surface area contributed by atoms with E-state index in [1.54, 1.807) is 0 Å². The summed E-state index contributed by atoms with van der Waals surface area (Å²) in [5.74, 6) is -2.28. The molecule has 0 saturated heterocycles. The van der Waals surface area contributed by atoms with Crippen molar-refractivity contribution in [1.29, 1.82) is 0 Å². The first-order chi connectivity index (χ1) is 22.3. The van der Waals surface area contributed by atoms with Crippen LogP contribution in [0.15, 0.2) is 0 Å². The van der Waals surface area contributed by atoms with Crippen molar-refractivity contribution in [2.45, 2.75) is 199 Å². The number of ether oxygens (including phenoxy) is 1. The first-order valence-corrected chi connectivity index (χ1v) is 18.9. The smallest absolute Gasteiger partial charge is 0.328 e. The van der Waals surface area contributed by atoms with Gasteiger partial charge in [0.1, 0.15) is 12.1 Å². The van der Waals surface area contributed by atoms with Crippen LogP contribution in [-0.4, -0.2) is 59.3 Å². The second-order valence-electron chi connectivity index (χ2n) is 13.0. The minimum atomic E-state index is -1.38. The van der Waals surface area contributed by atoms with Crippen LogP contribution >= 0.6 is 0 Å². The summed E-state index contributed by atoms with van der Waals surface area (Å²) in [7, 11) is 0. The fourth-order valence-electron chi connectivity index (χ4n) is 5.66. The number of aliphatic hydroxyl groups excluding tert-OH is 1. The summed E-state index contributed by atoms with van der Waals surface area (Å²) >= 11 is 0. The van der Waals surface area contributed by atoms with E-state index in [4.69, 9.17) is 14.9 Å². The SMILES string of the molecule is CCCCCCCCCCCCCC(=O)OC(CCCCCCCCC)CCCCCCCC(=O)NCC(=O)NC(CO)C(=O)O. The number of aliphatic hydroxyl groups is 1. The highest BCUT2D eigenvalue weighted by molar-refractivity contribution is 5.87. The van der Waals surface area contributed by atoms with E-state index >= 15 is 0 Å². The Morgan fingerprint density at radius 1 is 0.565 bits per heavy atom. The van der Waals surface area contributed by atoms with Gasteiger partial charge in [-0.2, -0.15) is 0 Å². The Kier molecular flexibility index (Phi) is 31.2. The van der Waals surface area contributed by atoms with Gasteiger partial charge in [0.2, 0.25) is 11.8 Å². The predicted molar refractivity (Wildman–Crippen MR) is 186 cm³/mol. The first kappa shape index (κ1) is 43.8. The third-order valence-corrected chi connectivity index (χ3v) is 8.60. The highest BCUT2D eigenvalue weighted by Crippen LogP contribution is 2.19. The van der Waals surface area contributed by atoms with Gasteiger partial charge in [0.05, 0.1) is 13.2 Å². The largest absolute Gasteiger partial charge is 0.480 e. The molecule has 0 aliphatic rings. The number of carbonyl (C=O) groups excluding carboxylic acids is 3. The van der Waals surface area contributed by atoms with Crippen molar-refractivity contribution in [3.8, 4) is 0 Å². The van der Waals surface area contributed by atoms with E-state index in [1.807, 2.05) is 0 Å². The van der Waals surface area contributed by atoms with Gasteiger partial charge in [0, 0.05) is 12.8 Å². The number of carboxylic acid groups (broad SMARTS) is 1. The molecule has 0 radical (unpaired) electrons. The molecule has 0 aliphatic carbocycles. The molecule has 0 aromatic carbocycles. The Hall–Kier alpha value is -2.16. The molecule has 2 atom stereocenters. The molecule has 46 heavy (non-hydrogen) atoms. The van der Waals surface area contributed by atoms with Crippen molar-refractivity contribution in [1.82, 2.24) is 10.6 Å². The zero-order chi connectivity index (χ0) is 34.1. The summed E-state index contributed by atoms with van der Waals surface area (Å²) in [4.78, 5) is 47.2. The minimum Gasteiger partial charge on any atom is -0.480 e. The average molecular weight is 655 g/mol. The van der Waals surface area contributed by atoms with Crippen molar-refractivity contribution in [2.75, 3.05) is 13.2 Å². The average Bonchev–Trinajstić information content (AvgIpc) is 3.03. The molecule has 0 aromatic rings. The van der Waals surface area contributed by atoms with E-state index < -0.39 is 24.5 Å². The molecule has 0 fully saturated rings. The van der Waals surface area contributed by atoms with Crippen LogP contribution in [0.1, 0.15) is 187 Å². The van der Waals surface area contributed by atoms with E-state index in [1.165, 1.54) is 96.3 Å². The number of hydrogen-bond donors (Lipinski definition) is 4. The highest BCUT2D eigenvalue weighted by Gasteiger charge is 2.19.